The Bertz CT molecular complexity index is 655. The first kappa shape index (κ1) is 16.6. The van der Waals surface area contributed by atoms with Crippen LogP contribution >= 0.6 is 27.5 Å². The zero-order valence-corrected chi connectivity index (χ0v) is 13.9. The molecule has 0 radical (unpaired) electrons. The molecule has 1 aromatic heterocycles. The molecule has 2 amide bonds. The van der Waals surface area contributed by atoms with Crippen LogP contribution in [0.3, 0.4) is 0 Å². The number of nitrogens with one attached hydrogen (secondary N) is 2. The third-order valence-electron chi connectivity index (χ3n) is 2.81. The molecule has 0 aliphatic rings. The molecule has 2 aromatic rings. The van der Waals surface area contributed by atoms with Gasteiger partial charge in [0.2, 0.25) is 5.91 Å². The number of amides is 2. The van der Waals surface area contributed by atoms with E-state index < -0.39 is 0 Å². The van der Waals surface area contributed by atoms with Gasteiger partial charge in [-0.2, -0.15) is 0 Å². The molecule has 2 rings (SSSR count). The van der Waals surface area contributed by atoms with Gasteiger partial charge in [-0.25, -0.2) is 0 Å². The molecule has 2 N–H and O–H groups in total. The summed E-state index contributed by atoms with van der Waals surface area (Å²) < 4.78 is 5.61. The van der Waals surface area contributed by atoms with Crippen molar-refractivity contribution in [3.63, 3.8) is 0 Å². The minimum Gasteiger partial charge on any atom is -0.444 e. The highest BCUT2D eigenvalue weighted by Crippen LogP contribution is 2.13. The van der Waals surface area contributed by atoms with Crippen LogP contribution in [0.1, 0.15) is 16.1 Å². The van der Waals surface area contributed by atoms with Gasteiger partial charge in [0, 0.05) is 18.1 Å². The summed E-state index contributed by atoms with van der Waals surface area (Å²) in [6.45, 7) is 0.670. The van der Waals surface area contributed by atoms with Crippen molar-refractivity contribution in [2.75, 3.05) is 13.1 Å². The smallest absolute Gasteiger partial charge is 0.287 e. The van der Waals surface area contributed by atoms with E-state index in [-0.39, 0.29) is 24.0 Å². The van der Waals surface area contributed by atoms with E-state index in [9.17, 15) is 9.59 Å². The number of carbonyl (C=O) groups is 2. The monoisotopic (exact) mass is 384 g/mol. The number of hydrogen-bond acceptors (Lipinski definition) is 3. The number of hydrogen-bond donors (Lipinski definition) is 2. The van der Waals surface area contributed by atoms with Crippen molar-refractivity contribution in [3.8, 4) is 0 Å². The molecule has 0 bridgehead atoms. The Hall–Kier alpha value is -1.79. The topological polar surface area (TPSA) is 71.3 Å². The van der Waals surface area contributed by atoms with Crippen LogP contribution in [-0.2, 0) is 11.2 Å². The van der Waals surface area contributed by atoms with Gasteiger partial charge in [-0.3, -0.25) is 9.59 Å². The van der Waals surface area contributed by atoms with Crippen LogP contribution in [0.15, 0.2) is 45.5 Å². The fourth-order valence-corrected chi connectivity index (χ4v) is 2.18. The highest BCUT2D eigenvalue weighted by molar-refractivity contribution is 9.10. The second kappa shape index (κ2) is 8.00. The molecule has 7 heteroatoms. The first-order chi connectivity index (χ1) is 10.5. The zero-order chi connectivity index (χ0) is 15.9. The van der Waals surface area contributed by atoms with Gasteiger partial charge < -0.3 is 15.1 Å². The molecule has 0 aliphatic heterocycles. The number of carbonyl (C=O) groups excluding carboxylic acids is 2. The lowest BCUT2D eigenvalue weighted by Crippen LogP contribution is -2.35. The fourth-order valence-electron chi connectivity index (χ4n) is 1.75. The zero-order valence-electron chi connectivity index (χ0n) is 11.6. The van der Waals surface area contributed by atoms with E-state index in [4.69, 9.17) is 16.0 Å². The molecule has 116 valence electrons. The molecule has 1 aromatic carbocycles. The van der Waals surface area contributed by atoms with Gasteiger partial charge in [-0.05, 0) is 45.8 Å². The predicted molar refractivity (Wildman–Crippen MR) is 86.9 cm³/mol. The van der Waals surface area contributed by atoms with Gasteiger partial charge in [0.15, 0.2) is 10.4 Å². The van der Waals surface area contributed by atoms with Crippen LogP contribution in [0.2, 0.25) is 5.02 Å². The lowest BCUT2D eigenvalue weighted by molar-refractivity contribution is -0.120. The Morgan fingerprint density at radius 2 is 1.73 bits per heavy atom. The van der Waals surface area contributed by atoms with E-state index in [0.29, 0.717) is 22.8 Å². The summed E-state index contributed by atoms with van der Waals surface area (Å²) in [7, 11) is 0. The highest BCUT2D eigenvalue weighted by Gasteiger charge is 2.09. The van der Waals surface area contributed by atoms with Gasteiger partial charge in [0.1, 0.15) is 0 Å². The van der Waals surface area contributed by atoms with Crippen LogP contribution in [0.4, 0.5) is 0 Å². The third kappa shape index (κ3) is 5.20. The van der Waals surface area contributed by atoms with Crippen molar-refractivity contribution in [1.29, 1.82) is 0 Å². The lowest BCUT2D eigenvalue weighted by atomic mass is 10.1. The van der Waals surface area contributed by atoms with Crippen LogP contribution in [0.25, 0.3) is 0 Å². The fraction of sp³-hybridized carbons (Fsp3) is 0.200. The Balaban J connectivity index is 1.67. The summed E-state index contributed by atoms with van der Waals surface area (Å²) in [4.78, 5) is 23.4. The number of halogens is 2. The highest BCUT2D eigenvalue weighted by atomic mass is 79.9. The van der Waals surface area contributed by atoms with E-state index in [2.05, 4.69) is 26.6 Å². The van der Waals surface area contributed by atoms with Crippen LogP contribution in [0, 0.1) is 0 Å². The summed E-state index contributed by atoms with van der Waals surface area (Å²) in [5.41, 5.74) is 0.881. The third-order valence-corrected chi connectivity index (χ3v) is 3.49. The van der Waals surface area contributed by atoms with Crippen molar-refractivity contribution in [2.45, 2.75) is 6.42 Å². The maximum atomic E-state index is 11.7. The molecular weight excluding hydrogens is 372 g/mol. The maximum absolute atomic E-state index is 11.7. The number of rotatable bonds is 6. The predicted octanol–water partition coefficient (Wildman–Crippen LogP) is 2.78. The molecule has 0 aliphatic carbocycles. The summed E-state index contributed by atoms with van der Waals surface area (Å²) in [5.74, 6) is -0.214. The van der Waals surface area contributed by atoms with Gasteiger partial charge in [0.25, 0.3) is 5.91 Å². The Kier molecular flexibility index (Phi) is 6.03. The first-order valence-electron chi connectivity index (χ1n) is 6.59. The largest absolute Gasteiger partial charge is 0.444 e. The lowest BCUT2D eigenvalue weighted by Gasteiger charge is -2.06. The average Bonchev–Trinajstić information content (AvgIpc) is 2.92. The molecular formula is C15H14BrClN2O3. The SMILES string of the molecule is O=C(Cc1ccc(Cl)cc1)NCCNC(=O)c1ccc(Br)o1. The second-order valence-electron chi connectivity index (χ2n) is 4.51. The van der Waals surface area contributed by atoms with Gasteiger partial charge in [0.05, 0.1) is 6.42 Å². The van der Waals surface area contributed by atoms with Crippen LogP contribution in [0.5, 0.6) is 0 Å². The van der Waals surface area contributed by atoms with E-state index in [1.807, 2.05) is 0 Å². The molecule has 1 heterocycles. The molecule has 5 nitrogen and oxygen atoms in total. The minimum atomic E-state index is -0.322. The van der Waals surface area contributed by atoms with Gasteiger partial charge >= 0.3 is 0 Å². The summed E-state index contributed by atoms with van der Waals surface area (Å²) in [5, 5.41) is 6.02. The first-order valence-corrected chi connectivity index (χ1v) is 7.76. The number of furan rings is 1. The van der Waals surface area contributed by atoms with Crippen molar-refractivity contribution >= 4 is 39.3 Å². The maximum Gasteiger partial charge on any atom is 0.287 e. The number of benzene rings is 1. The van der Waals surface area contributed by atoms with E-state index in [1.165, 1.54) is 0 Å². The molecule has 0 atom stereocenters. The molecule has 22 heavy (non-hydrogen) atoms. The average molecular weight is 386 g/mol. The van der Waals surface area contributed by atoms with E-state index in [1.54, 1.807) is 36.4 Å². The standard InChI is InChI=1S/C15H14BrClN2O3/c16-13-6-5-12(22-13)15(21)19-8-7-18-14(20)9-10-1-3-11(17)4-2-10/h1-6H,7-9H2,(H,18,20)(H,19,21). The summed E-state index contributed by atoms with van der Waals surface area (Å²) in [6, 6.07) is 10.3. The van der Waals surface area contributed by atoms with Crippen molar-refractivity contribution in [1.82, 2.24) is 10.6 Å². The summed E-state index contributed by atoms with van der Waals surface area (Å²) >= 11 is 8.91. The minimum absolute atomic E-state index is 0.114. The van der Waals surface area contributed by atoms with Crippen molar-refractivity contribution in [3.05, 3.63) is 57.4 Å². The quantitative estimate of drug-likeness (QED) is 0.751. The molecule has 0 spiro atoms. The van der Waals surface area contributed by atoms with Gasteiger partial charge in [-0.1, -0.05) is 23.7 Å². The van der Waals surface area contributed by atoms with E-state index >= 15 is 0 Å². The Labute approximate surface area is 141 Å². The Morgan fingerprint density at radius 1 is 1.05 bits per heavy atom. The van der Waals surface area contributed by atoms with Crippen molar-refractivity contribution < 1.29 is 14.0 Å². The van der Waals surface area contributed by atoms with E-state index in [0.717, 1.165) is 5.56 Å². The summed E-state index contributed by atoms with van der Waals surface area (Å²) in [6.07, 6.45) is 0.274. The van der Waals surface area contributed by atoms with Gasteiger partial charge in [-0.15, -0.1) is 0 Å². The molecule has 0 saturated carbocycles. The molecule has 0 saturated heterocycles. The van der Waals surface area contributed by atoms with Crippen LogP contribution in [-0.4, -0.2) is 24.9 Å². The molecule has 0 fully saturated rings. The normalized spacial score (nSPS) is 10.3. The Morgan fingerprint density at radius 3 is 2.36 bits per heavy atom. The van der Waals surface area contributed by atoms with Crippen LogP contribution < -0.4 is 10.6 Å². The molecule has 0 unspecified atom stereocenters. The second-order valence-corrected chi connectivity index (χ2v) is 5.73. The van der Waals surface area contributed by atoms with Crippen molar-refractivity contribution in [2.24, 2.45) is 0 Å².